The summed E-state index contributed by atoms with van der Waals surface area (Å²) >= 11 is 12.5. The second-order valence-corrected chi connectivity index (χ2v) is 4.97. The smallest absolute Gasteiger partial charge is 0.0574 e. The molecule has 1 aromatic carbocycles. The fraction of sp³-hybridized carbons (Fsp3) is 0.455. The lowest BCUT2D eigenvalue weighted by Crippen LogP contribution is -2.22. The molecule has 0 amide bonds. The van der Waals surface area contributed by atoms with Crippen LogP contribution in [0.15, 0.2) is 24.3 Å². The maximum atomic E-state index is 6.26. The zero-order valence-electron chi connectivity index (χ0n) is 7.08. The molecule has 0 radical (unpaired) electrons. The molecule has 0 heterocycles. The molecule has 2 aliphatic carbocycles. The Morgan fingerprint density at radius 3 is 1.85 bits per heavy atom. The molecule has 0 spiro atoms. The zero-order valence-corrected chi connectivity index (χ0v) is 8.59. The Labute approximate surface area is 87.9 Å². The van der Waals surface area contributed by atoms with Crippen molar-refractivity contribution in [2.75, 3.05) is 0 Å². The van der Waals surface area contributed by atoms with E-state index < -0.39 is 0 Å². The van der Waals surface area contributed by atoms with Gasteiger partial charge in [0.1, 0.15) is 0 Å². The van der Waals surface area contributed by atoms with Gasteiger partial charge in [-0.05, 0) is 17.5 Å². The lowest BCUT2D eigenvalue weighted by Gasteiger charge is -2.23. The Balaban J connectivity index is 2.16. The summed E-state index contributed by atoms with van der Waals surface area (Å²) in [6.07, 6.45) is 1.15. The van der Waals surface area contributed by atoms with E-state index in [2.05, 4.69) is 24.3 Å². The molecule has 1 aromatic rings. The molecule has 2 bridgehead atoms. The Kier molecular flexibility index (Phi) is 1.66. The van der Waals surface area contributed by atoms with E-state index in [9.17, 15) is 0 Å². The molecule has 2 heteroatoms. The van der Waals surface area contributed by atoms with Crippen LogP contribution in [-0.2, 0) is 0 Å². The summed E-state index contributed by atoms with van der Waals surface area (Å²) in [5, 5.41) is 0.281. The molecule has 0 nitrogen and oxygen atoms in total. The zero-order chi connectivity index (χ0) is 9.00. The molecule has 0 saturated heterocycles. The van der Waals surface area contributed by atoms with Gasteiger partial charge in [-0.3, -0.25) is 0 Å². The van der Waals surface area contributed by atoms with Crippen LogP contribution in [0.1, 0.15) is 29.4 Å². The van der Waals surface area contributed by atoms with Gasteiger partial charge in [-0.1, -0.05) is 24.3 Å². The maximum absolute atomic E-state index is 6.26. The summed E-state index contributed by atoms with van der Waals surface area (Å²) in [5.41, 5.74) is 2.87. The van der Waals surface area contributed by atoms with Gasteiger partial charge in [0.05, 0.1) is 10.8 Å². The molecule has 68 valence electrons. The van der Waals surface area contributed by atoms with Crippen molar-refractivity contribution < 1.29 is 0 Å². The van der Waals surface area contributed by atoms with Crippen molar-refractivity contribution in [1.29, 1.82) is 0 Å². The van der Waals surface area contributed by atoms with Gasteiger partial charge in [0.15, 0.2) is 0 Å². The Morgan fingerprint density at radius 2 is 1.38 bits per heavy atom. The first kappa shape index (κ1) is 8.14. The fourth-order valence-corrected chi connectivity index (χ4v) is 3.59. The summed E-state index contributed by atoms with van der Waals surface area (Å²) in [7, 11) is 0. The highest BCUT2D eigenvalue weighted by molar-refractivity contribution is 6.31. The predicted octanol–water partition coefficient (Wildman–Crippen LogP) is 3.49. The standard InChI is InChI=1S/C11H10Cl2/c12-10-8-5-9(11(10)13)7-4-2-1-3-6(7)8/h1-4,8-11H,5H2/t8-,9-,10+,11+/m0/s1. The maximum Gasteiger partial charge on any atom is 0.0574 e. The minimum atomic E-state index is 0.140. The summed E-state index contributed by atoms with van der Waals surface area (Å²) in [5.74, 6) is 1.01. The van der Waals surface area contributed by atoms with Crippen molar-refractivity contribution in [2.24, 2.45) is 0 Å². The lowest BCUT2D eigenvalue weighted by atomic mass is 9.91. The molecule has 0 aliphatic heterocycles. The first-order valence-corrected chi connectivity index (χ1v) is 5.53. The number of fused-ring (bicyclic) bond motifs is 5. The molecule has 13 heavy (non-hydrogen) atoms. The monoisotopic (exact) mass is 212 g/mol. The molecule has 0 N–H and O–H groups in total. The van der Waals surface area contributed by atoms with Crippen LogP contribution in [0, 0.1) is 0 Å². The molecular formula is C11H10Cl2. The van der Waals surface area contributed by atoms with Gasteiger partial charge in [0.25, 0.3) is 0 Å². The average Bonchev–Trinajstić information content (AvgIpc) is 2.66. The van der Waals surface area contributed by atoms with Gasteiger partial charge < -0.3 is 0 Å². The third kappa shape index (κ3) is 0.936. The number of rotatable bonds is 0. The lowest BCUT2D eigenvalue weighted by molar-refractivity contribution is 0.735. The molecule has 1 saturated carbocycles. The van der Waals surface area contributed by atoms with Crippen molar-refractivity contribution in [3.8, 4) is 0 Å². The van der Waals surface area contributed by atoms with Gasteiger partial charge in [0, 0.05) is 11.8 Å². The van der Waals surface area contributed by atoms with Gasteiger partial charge in [-0.15, -0.1) is 23.2 Å². The molecule has 4 atom stereocenters. The molecule has 3 rings (SSSR count). The minimum Gasteiger partial charge on any atom is -0.121 e. The van der Waals surface area contributed by atoms with Crippen LogP contribution in [0.5, 0.6) is 0 Å². The van der Waals surface area contributed by atoms with E-state index in [1.54, 1.807) is 0 Å². The summed E-state index contributed by atoms with van der Waals surface area (Å²) < 4.78 is 0. The van der Waals surface area contributed by atoms with Gasteiger partial charge in [-0.2, -0.15) is 0 Å². The highest BCUT2D eigenvalue weighted by Crippen LogP contribution is 2.56. The molecule has 0 unspecified atom stereocenters. The van der Waals surface area contributed by atoms with Gasteiger partial charge >= 0.3 is 0 Å². The van der Waals surface area contributed by atoms with Crippen molar-refractivity contribution in [3.05, 3.63) is 35.4 Å². The van der Waals surface area contributed by atoms with Crippen molar-refractivity contribution >= 4 is 23.2 Å². The van der Waals surface area contributed by atoms with E-state index in [1.165, 1.54) is 11.1 Å². The molecule has 2 aliphatic rings. The quantitative estimate of drug-likeness (QED) is 0.578. The van der Waals surface area contributed by atoms with Crippen molar-refractivity contribution in [3.63, 3.8) is 0 Å². The van der Waals surface area contributed by atoms with Crippen LogP contribution in [0.2, 0.25) is 0 Å². The van der Waals surface area contributed by atoms with Crippen LogP contribution < -0.4 is 0 Å². The Morgan fingerprint density at radius 1 is 0.923 bits per heavy atom. The van der Waals surface area contributed by atoms with Crippen LogP contribution >= 0.6 is 23.2 Å². The van der Waals surface area contributed by atoms with E-state index in [0.717, 1.165) is 6.42 Å². The number of halogens is 2. The van der Waals surface area contributed by atoms with E-state index in [-0.39, 0.29) is 10.8 Å². The number of benzene rings is 1. The highest BCUT2D eigenvalue weighted by Gasteiger charge is 2.49. The van der Waals surface area contributed by atoms with Crippen molar-refractivity contribution in [1.82, 2.24) is 0 Å². The fourth-order valence-electron chi connectivity index (χ4n) is 2.76. The second kappa shape index (κ2) is 2.65. The largest absolute Gasteiger partial charge is 0.121 e. The highest BCUT2D eigenvalue weighted by atomic mass is 35.5. The van der Waals surface area contributed by atoms with Gasteiger partial charge in [0.2, 0.25) is 0 Å². The first-order chi connectivity index (χ1) is 6.29. The number of hydrogen-bond donors (Lipinski definition) is 0. The molecular weight excluding hydrogens is 203 g/mol. The van der Waals surface area contributed by atoms with Crippen LogP contribution in [0.25, 0.3) is 0 Å². The average molecular weight is 213 g/mol. The van der Waals surface area contributed by atoms with E-state index in [1.807, 2.05) is 0 Å². The van der Waals surface area contributed by atoms with Crippen molar-refractivity contribution in [2.45, 2.75) is 29.0 Å². The summed E-state index contributed by atoms with van der Waals surface area (Å²) in [4.78, 5) is 0. The minimum absolute atomic E-state index is 0.140. The second-order valence-electron chi connectivity index (χ2n) is 3.97. The van der Waals surface area contributed by atoms with Crippen LogP contribution in [0.4, 0.5) is 0 Å². The van der Waals surface area contributed by atoms with E-state index >= 15 is 0 Å². The van der Waals surface area contributed by atoms with E-state index in [4.69, 9.17) is 23.2 Å². The summed E-state index contributed by atoms with van der Waals surface area (Å²) in [6.45, 7) is 0. The van der Waals surface area contributed by atoms with Gasteiger partial charge in [-0.25, -0.2) is 0 Å². The topological polar surface area (TPSA) is 0 Å². The third-order valence-electron chi connectivity index (χ3n) is 3.38. The first-order valence-electron chi connectivity index (χ1n) is 4.66. The normalized spacial score (nSPS) is 40.8. The predicted molar refractivity (Wildman–Crippen MR) is 55.8 cm³/mol. The summed E-state index contributed by atoms with van der Waals surface area (Å²) in [6, 6.07) is 8.56. The Hall–Kier alpha value is -0.200. The molecule has 1 fully saturated rings. The van der Waals surface area contributed by atoms with E-state index in [0.29, 0.717) is 11.8 Å². The Bertz CT molecular complexity index is 315. The number of alkyl halides is 2. The number of hydrogen-bond acceptors (Lipinski definition) is 0. The van der Waals surface area contributed by atoms with Crippen LogP contribution in [-0.4, -0.2) is 10.8 Å². The SMILES string of the molecule is Cl[C@H]1[C@H](Cl)[C@H]2C[C@H]1c1ccccc12. The van der Waals surface area contributed by atoms with Crippen LogP contribution in [0.3, 0.4) is 0 Å². The third-order valence-corrected chi connectivity index (χ3v) is 4.66. The molecule has 0 aromatic heterocycles.